The number of ether oxygens (including phenoxy) is 1. The smallest absolute Gasteiger partial charge is 0.262 e. The van der Waals surface area contributed by atoms with Crippen LogP contribution in [-0.2, 0) is 11.2 Å². The van der Waals surface area contributed by atoms with E-state index in [1.165, 1.54) is 4.90 Å². The Labute approximate surface area is 116 Å². The van der Waals surface area contributed by atoms with E-state index in [1.807, 2.05) is 18.2 Å². The van der Waals surface area contributed by atoms with Gasteiger partial charge < -0.3 is 15.4 Å². The fourth-order valence-corrected chi connectivity index (χ4v) is 2.03. The van der Waals surface area contributed by atoms with Crippen LogP contribution in [0.3, 0.4) is 0 Å². The quantitative estimate of drug-likeness (QED) is 0.901. The summed E-state index contributed by atoms with van der Waals surface area (Å²) in [7, 11) is 3.43. The Balaban J connectivity index is 2.86. The van der Waals surface area contributed by atoms with Crippen molar-refractivity contribution in [2.24, 2.45) is 5.73 Å². The number of carbonyl (C=O) groups is 1. The van der Waals surface area contributed by atoms with Gasteiger partial charge in [0.05, 0.1) is 0 Å². The van der Waals surface area contributed by atoms with Crippen LogP contribution in [0.15, 0.2) is 22.7 Å². The first-order valence-electron chi connectivity index (χ1n) is 5.82. The first-order valence-corrected chi connectivity index (χ1v) is 6.61. The van der Waals surface area contributed by atoms with Crippen LogP contribution in [0.2, 0.25) is 0 Å². The maximum Gasteiger partial charge on any atom is 0.262 e. The van der Waals surface area contributed by atoms with Gasteiger partial charge in [-0.05, 0) is 43.7 Å². The number of amides is 1. The van der Waals surface area contributed by atoms with E-state index in [4.69, 9.17) is 10.5 Å². The maximum atomic E-state index is 11.8. The highest BCUT2D eigenvalue weighted by Crippen LogP contribution is 2.24. The molecule has 1 atom stereocenters. The largest absolute Gasteiger partial charge is 0.481 e. The fraction of sp³-hybridized carbons (Fsp3) is 0.462. The van der Waals surface area contributed by atoms with E-state index in [0.29, 0.717) is 12.3 Å². The molecule has 1 aromatic rings. The summed E-state index contributed by atoms with van der Waals surface area (Å²) in [6.45, 7) is 2.29. The molecule has 0 radical (unpaired) electrons. The molecule has 18 heavy (non-hydrogen) atoms. The van der Waals surface area contributed by atoms with Crippen molar-refractivity contribution in [2.45, 2.75) is 19.4 Å². The molecule has 100 valence electrons. The Bertz CT molecular complexity index is 421. The third-order valence-electron chi connectivity index (χ3n) is 2.53. The van der Waals surface area contributed by atoms with Crippen molar-refractivity contribution in [3.8, 4) is 5.75 Å². The molecule has 0 heterocycles. The normalized spacial score (nSPS) is 12.1. The summed E-state index contributed by atoms with van der Waals surface area (Å²) in [5, 5.41) is 0. The molecule has 5 heteroatoms. The molecule has 4 nitrogen and oxygen atoms in total. The lowest BCUT2D eigenvalue weighted by atomic mass is 10.1. The molecule has 0 spiro atoms. The summed E-state index contributed by atoms with van der Waals surface area (Å²) in [5.41, 5.74) is 6.58. The molecule has 0 saturated heterocycles. The lowest BCUT2D eigenvalue weighted by Crippen LogP contribution is -2.35. The Morgan fingerprint density at radius 2 is 2.17 bits per heavy atom. The molecule has 2 N–H and O–H groups in total. The summed E-state index contributed by atoms with van der Waals surface area (Å²) in [5.74, 6) is 0.656. The van der Waals surface area contributed by atoms with Gasteiger partial charge in [-0.25, -0.2) is 0 Å². The van der Waals surface area contributed by atoms with Crippen molar-refractivity contribution in [2.75, 3.05) is 20.6 Å². The Kier molecular flexibility index (Phi) is 5.62. The molecular weight excluding hydrogens is 296 g/mol. The molecule has 0 aliphatic rings. The van der Waals surface area contributed by atoms with Crippen LogP contribution in [0.5, 0.6) is 5.75 Å². The van der Waals surface area contributed by atoms with Crippen LogP contribution in [0.1, 0.15) is 12.5 Å². The zero-order valence-corrected chi connectivity index (χ0v) is 12.5. The van der Waals surface area contributed by atoms with Gasteiger partial charge in [0, 0.05) is 18.6 Å². The van der Waals surface area contributed by atoms with Crippen molar-refractivity contribution < 1.29 is 9.53 Å². The average Bonchev–Trinajstić information content (AvgIpc) is 2.31. The molecule has 0 aromatic heterocycles. The van der Waals surface area contributed by atoms with Crippen molar-refractivity contribution in [1.29, 1.82) is 0 Å². The van der Waals surface area contributed by atoms with Gasteiger partial charge in [0.15, 0.2) is 6.10 Å². The van der Waals surface area contributed by atoms with Gasteiger partial charge in [0.2, 0.25) is 0 Å². The summed E-state index contributed by atoms with van der Waals surface area (Å²) in [6, 6.07) is 5.71. The minimum atomic E-state index is -0.502. The number of nitrogens with two attached hydrogens (primary N) is 1. The predicted octanol–water partition coefficient (Wildman–Crippen LogP) is 1.81. The number of hydrogen-bond acceptors (Lipinski definition) is 3. The summed E-state index contributed by atoms with van der Waals surface area (Å²) >= 11 is 3.41. The summed E-state index contributed by atoms with van der Waals surface area (Å²) < 4.78 is 6.69. The second kappa shape index (κ2) is 6.75. The van der Waals surface area contributed by atoms with Gasteiger partial charge in [-0.15, -0.1) is 0 Å². The van der Waals surface area contributed by atoms with Crippen molar-refractivity contribution in [3.63, 3.8) is 0 Å². The second-order valence-electron chi connectivity index (χ2n) is 4.28. The highest BCUT2D eigenvalue weighted by atomic mass is 79.9. The third-order valence-corrected chi connectivity index (χ3v) is 3.02. The standard InChI is InChI=1S/C13H19BrN2O2/c1-9(13(17)16(2)3)18-12-5-4-11(14)8-10(12)6-7-15/h4-5,8-9H,6-7,15H2,1-3H3. The van der Waals surface area contributed by atoms with Gasteiger partial charge in [-0.2, -0.15) is 0 Å². The molecule has 0 fully saturated rings. The minimum Gasteiger partial charge on any atom is -0.481 e. The van der Waals surface area contributed by atoms with E-state index >= 15 is 0 Å². The molecule has 1 aromatic carbocycles. The average molecular weight is 315 g/mol. The number of rotatable bonds is 5. The van der Waals surface area contributed by atoms with E-state index in [1.54, 1.807) is 21.0 Å². The van der Waals surface area contributed by atoms with E-state index in [-0.39, 0.29) is 5.91 Å². The minimum absolute atomic E-state index is 0.0587. The topological polar surface area (TPSA) is 55.6 Å². The van der Waals surface area contributed by atoms with Gasteiger partial charge in [0.25, 0.3) is 5.91 Å². The van der Waals surface area contributed by atoms with Crippen LogP contribution >= 0.6 is 15.9 Å². The lowest BCUT2D eigenvalue weighted by molar-refractivity contribution is -0.135. The molecule has 1 rings (SSSR count). The molecule has 0 aliphatic heterocycles. The number of halogens is 1. The zero-order chi connectivity index (χ0) is 13.7. The molecule has 1 unspecified atom stereocenters. The fourth-order valence-electron chi connectivity index (χ4n) is 1.62. The maximum absolute atomic E-state index is 11.8. The summed E-state index contributed by atoms with van der Waals surface area (Å²) in [6.07, 6.45) is 0.218. The summed E-state index contributed by atoms with van der Waals surface area (Å²) in [4.78, 5) is 13.3. The first kappa shape index (κ1) is 15.0. The molecule has 1 amide bonds. The van der Waals surface area contributed by atoms with Gasteiger partial charge in [-0.1, -0.05) is 15.9 Å². The van der Waals surface area contributed by atoms with Crippen molar-refractivity contribution in [1.82, 2.24) is 4.90 Å². The SMILES string of the molecule is CC(Oc1ccc(Br)cc1CCN)C(=O)N(C)C. The van der Waals surface area contributed by atoms with Crippen LogP contribution in [0.25, 0.3) is 0 Å². The number of nitrogens with zero attached hydrogens (tertiary/aromatic N) is 1. The Morgan fingerprint density at radius 3 is 2.72 bits per heavy atom. The Morgan fingerprint density at radius 1 is 1.50 bits per heavy atom. The Hall–Kier alpha value is -1.07. The van der Waals surface area contributed by atoms with E-state index < -0.39 is 6.10 Å². The first-order chi connectivity index (χ1) is 8.45. The van der Waals surface area contributed by atoms with E-state index in [2.05, 4.69) is 15.9 Å². The molecule has 0 bridgehead atoms. The third kappa shape index (κ3) is 3.99. The number of carbonyl (C=O) groups excluding carboxylic acids is 1. The van der Waals surface area contributed by atoms with Crippen LogP contribution in [0.4, 0.5) is 0 Å². The predicted molar refractivity (Wildman–Crippen MR) is 75.7 cm³/mol. The van der Waals surface area contributed by atoms with Gasteiger partial charge in [0.1, 0.15) is 5.75 Å². The van der Waals surface area contributed by atoms with Gasteiger partial charge >= 0.3 is 0 Å². The van der Waals surface area contributed by atoms with E-state index in [0.717, 1.165) is 16.5 Å². The number of likely N-dealkylation sites (N-methyl/N-ethyl adjacent to an activating group) is 1. The second-order valence-corrected chi connectivity index (χ2v) is 5.20. The lowest BCUT2D eigenvalue weighted by Gasteiger charge is -2.20. The van der Waals surface area contributed by atoms with Crippen LogP contribution in [0, 0.1) is 0 Å². The number of hydrogen-bond donors (Lipinski definition) is 1. The van der Waals surface area contributed by atoms with Crippen LogP contribution < -0.4 is 10.5 Å². The van der Waals surface area contributed by atoms with E-state index in [9.17, 15) is 4.79 Å². The highest BCUT2D eigenvalue weighted by molar-refractivity contribution is 9.10. The molecule has 0 aliphatic carbocycles. The molecular formula is C13H19BrN2O2. The highest BCUT2D eigenvalue weighted by Gasteiger charge is 2.17. The number of benzene rings is 1. The zero-order valence-electron chi connectivity index (χ0n) is 10.9. The van der Waals surface area contributed by atoms with Crippen molar-refractivity contribution in [3.05, 3.63) is 28.2 Å². The van der Waals surface area contributed by atoms with Crippen molar-refractivity contribution >= 4 is 21.8 Å². The monoisotopic (exact) mass is 314 g/mol. The van der Waals surface area contributed by atoms with Crippen LogP contribution in [-0.4, -0.2) is 37.6 Å². The van der Waals surface area contributed by atoms with Gasteiger partial charge in [-0.3, -0.25) is 4.79 Å². The molecule has 0 saturated carbocycles.